The van der Waals surface area contributed by atoms with Gasteiger partial charge < -0.3 is 0 Å². The van der Waals surface area contributed by atoms with Crippen LogP contribution in [0.4, 0.5) is 0 Å². The topological polar surface area (TPSA) is 0 Å². The van der Waals surface area contributed by atoms with Gasteiger partial charge in [0.2, 0.25) is 0 Å². The van der Waals surface area contributed by atoms with E-state index in [-0.39, 0.29) is 0 Å². The number of hydrogen-bond donors (Lipinski definition) is 0. The van der Waals surface area contributed by atoms with Gasteiger partial charge in [-0.25, -0.2) is 0 Å². The Balaban J connectivity index is 4.71. The molecule has 0 saturated heterocycles. The van der Waals surface area contributed by atoms with Crippen LogP contribution in [0.2, 0.25) is 0 Å². The number of rotatable bonds is 7. The Morgan fingerprint density at radius 3 is 1.69 bits per heavy atom. The average Bonchev–Trinajstić information content (AvgIpc) is 2.10. The molecule has 0 fully saturated rings. The fourth-order valence-corrected chi connectivity index (χ4v) is 3.32. The molecule has 0 heterocycles. The Bertz CT molecular complexity index is 176. The van der Waals surface area contributed by atoms with E-state index in [0.29, 0.717) is 5.41 Å². The zero-order valence-corrected chi connectivity index (χ0v) is 12.9. The Morgan fingerprint density at radius 2 is 1.38 bits per heavy atom. The minimum atomic E-state index is 0.494. The van der Waals surface area contributed by atoms with Crippen LogP contribution in [0, 0.1) is 29.1 Å². The van der Waals surface area contributed by atoms with Gasteiger partial charge in [-0.05, 0) is 41.9 Å². The van der Waals surface area contributed by atoms with Crippen molar-refractivity contribution >= 4 is 0 Å². The molecular formula is C16H34. The second kappa shape index (κ2) is 6.67. The van der Waals surface area contributed by atoms with E-state index in [1.54, 1.807) is 0 Å². The van der Waals surface area contributed by atoms with Gasteiger partial charge in [-0.1, -0.05) is 61.8 Å². The first-order valence-electron chi connectivity index (χ1n) is 7.20. The molecule has 0 rings (SSSR count). The third-order valence-electron chi connectivity index (χ3n) is 3.99. The van der Waals surface area contributed by atoms with Gasteiger partial charge in [0.15, 0.2) is 0 Å². The maximum absolute atomic E-state index is 2.48. The van der Waals surface area contributed by atoms with Crippen LogP contribution in [0.25, 0.3) is 0 Å². The maximum atomic E-state index is 2.48. The highest BCUT2D eigenvalue weighted by Crippen LogP contribution is 2.42. The van der Waals surface area contributed by atoms with Crippen LogP contribution < -0.4 is 0 Å². The van der Waals surface area contributed by atoms with Crippen LogP contribution in [0.5, 0.6) is 0 Å². The molecule has 0 heteroatoms. The van der Waals surface area contributed by atoms with Gasteiger partial charge in [-0.3, -0.25) is 0 Å². The lowest BCUT2D eigenvalue weighted by molar-refractivity contribution is 0.0943. The summed E-state index contributed by atoms with van der Waals surface area (Å²) < 4.78 is 0. The zero-order chi connectivity index (χ0) is 12.9. The first kappa shape index (κ1) is 16.0. The molecule has 16 heavy (non-hydrogen) atoms. The average molecular weight is 226 g/mol. The van der Waals surface area contributed by atoms with E-state index < -0.39 is 0 Å². The largest absolute Gasteiger partial charge is 0.0651 e. The molecular weight excluding hydrogens is 192 g/mol. The Morgan fingerprint density at radius 1 is 0.875 bits per heavy atom. The SMILES string of the molecule is CCC(C)C(CC(C)C)C(C)(C)CC(C)C. The van der Waals surface area contributed by atoms with Gasteiger partial charge in [0.05, 0.1) is 0 Å². The molecule has 0 radical (unpaired) electrons. The van der Waals surface area contributed by atoms with Crippen molar-refractivity contribution in [3.8, 4) is 0 Å². The fourth-order valence-electron chi connectivity index (χ4n) is 3.32. The standard InChI is InChI=1S/C16H34/c1-9-14(6)15(10-12(2)3)16(7,8)11-13(4)5/h12-15H,9-11H2,1-8H3. The summed E-state index contributed by atoms with van der Waals surface area (Å²) in [5.41, 5.74) is 0.494. The van der Waals surface area contributed by atoms with Gasteiger partial charge in [0, 0.05) is 0 Å². The summed E-state index contributed by atoms with van der Waals surface area (Å²) in [6.45, 7) is 19.2. The molecule has 0 aliphatic carbocycles. The van der Waals surface area contributed by atoms with Gasteiger partial charge in [-0.2, -0.15) is 0 Å². The van der Waals surface area contributed by atoms with Crippen LogP contribution in [0.1, 0.15) is 74.7 Å². The molecule has 2 atom stereocenters. The lowest BCUT2D eigenvalue weighted by atomic mass is 9.65. The third-order valence-corrected chi connectivity index (χ3v) is 3.99. The molecule has 98 valence electrons. The lowest BCUT2D eigenvalue weighted by Crippen LogP contribution is -2.31. The Hall–Kier alpha value is 0. The van der Waals surface area contributed by atoms with Gasteiger partial charge in [0.25, 0.3) is 0 Å². The Kier molecular flexibility index (Phi) is 6.67. The summed E-state index contributed by atoms with van der Waals surface area (Å²) in [7, 11) is 0. The van der Waals surface area contributed by atoms with Crippen LogP contribution in [-0.2, 0) is 0 Å². The lowest BCUT2D eigenvalue weighted by Gasteiger charge is -2.40. The van der Waals surface area contributed by atoms with Gasteiger partial charge in [-0.15, -0.1) is 0 Å². The summed E-state index contributed by atoms with van der Waals surface area (Å²) >= 11 is 0. The molecule has 0 amide bonds. The van der Waals surface area contributed by atoms with Gasteiger partial charge >= 0.3 is 0 Å². The quantitative estimate of drug-likeness (QED) is 0.517. The summed E-state index contributed by atoms with van der Waals surface area (Å²) in [4.78, 5) is 0. The monoisotopic (exact) mass is 226 g/mol. The van der Waals surface area contributed by atoms with Crippen molar-refractivity contribution in [2.75, 3.05) is 0 Å². The third kappa shape index (κ3) is 5.37. The van der Waals surface area contributed by atoms with E-state index >= 15 is 0 Å². The van der Waals surface area contributed by atoms with E-state index in [4.69, 9.17) is 0 Å². The van der Waals surface area contributed by atoms with Crippen molar-refractivity contribution in [3.63, 3.8) is 0 Å². The predicted octanol–water partition coefficient (Wildman–Crippen LogP) is 5.77. The summed E-state index contributed by atoms with van der Waals surface area (Å²) in [6.07, 6.45) is 4.06. The molecule has 0 aromatic carbocycles. The van der Waals surface area contributed by atoms with Crippen molar-refractivity contribution in [1.29, 1.82) is 0 Å². The minimum absolute atomic E-state index is 0.494. The van der Waals surface area contributed by atoms with Crippen LogP contribution in [0.15, 0.2) is 0 Å². The molecule has 0 saturated carbocycles. The van der Waals surface area contributed by atoms with Crippen LogP contribution in [0.3, 0.4) is 0 Å². The second-order valence-corrected chi connectivity index (χ2v) is 7.21. The first-order chi connectivity index (χ1) is 7.20. The number of hydrogen-bond acceptors (Lipinski definition) is 0. The highest BCUT2D eigenvalue weighted by molar-refractivity contribution is 4.83. The summed E-state index contributed by atoms with van der Waals surface area (Å²) in [5, 5.41) is 0. The molecule has 0 N–H and O–H groups in total. The molecule has 0 aliphatic rings. The normalized spacial score (nSPS) is 16.9. The second-order valence-electron chi connectivity index (χ2n) is 7.21. The van der Waals surface area contributed by atoms with Crippen LogP contribution >= 0.6 is 0 Å². The van der Waals surface area contributed by atoms with Crippen molar-refractivity contribution in [3.05, 3.63) is 0 Å². The summed E-state index contributed by atoms with van der Waals surface area (Å²) in [5.74, 6) is 3.37. The van der Waals surface area contributed by atoms with Gasteiger partial charge in [0.1, 0.15) is 0 Å². The van der Waals surface area contributed by atoms with E-state index in [9.17, 15) is 0 Å². The molecule has 0 bridgehead atoms. The molecule has 0 aliphatic heterocycles. The van der Waals surface area contributed by atoms with E-state index in [0.717, 1.165) is 23.7 Å². The van der Waals surface area contributed by atoms with Crippen molar-refractivity contribution in [1.82, 2.24) is 0 Å². The maximum Gasteiger partial charge on any atom is -0.0321 e. The predicted molar refractivity (Wildman–Crippen MR) is 75.6 cm³/mol. The molecule has 0 nitrogen and oxygen atoms in total. The van der Waals surface area contributed by atoms with E-state index in [1.165, 1.54) is 19.3 Å². The minimum Gasteiger partial charge on any atom is -0.0651 e. The smallest absolute Gasteiger partial charge is 0.0321 e. The van der Waals surface area contributed by atoms with Crippen LogP contribution in [-0.4, -0.2) is 0 Å². The van der Waals surface area contributed by atoms with Crippen molar-refractivity contribution < 1.29 is 0 Å². The van der Waals surface area contributed by atoms with Crippen molar-refractivity contribution in [2.24, 2.45) is 29.1 Å². The highest BCUT2D eigenvalue weighted by Gasteiger charge is 2.33. The fraction of sp³-hybridized carbons (Fsp3) is 1.00. The first-order valence-corrected chi connectivity index (χ1v) is 7.20. The molecule has 2 unspecified atom stereocenters. The zero-order valence-electron chi connectivity index (χ0n) is 12.9. The van der Waals surface area contributed by atoms with E-state index in [2.05, 4.69) is 55.4 Å². The highest BCUT2D eigenvalue weighted by atomic mass is 14.4. The molecule has 0 spiro atoms. The Labute approximate surface area is 104 Å². The summed E-state index contributed by atoms with van der Waals surface area (Å²) in [6, 6.07) is 0. The van der Waals surface area contributed by atoms with E-state index in [1.807, 2.05) is 0 Å². The molecule has 0 aromatic rings. The molecule has 0 aromatic heterocycles. The van der Waals surface area contributed by atoms with Crippen molar-refractivity contribution in [2.45, 2.75) is 74.7 Å².